The summed E-state index contributed by atoms with van der Waals surface area (Å²) in [6, 6.07) is 0.268. The number of carbonyl (C=O) groups excluding carboxylic acids is 1. The molecule has 1 amide bonds. The zero-order chi connectivity index (χ0) is 12.7. The van der Waals surface area contributed by atoms with Gasteiger partial charge < -0.3 is 15.4 Å². The zero-order valence-electron chi connectivity index (χ0n) is 11.3. The Morgan fingerprint density at radius 2 is 2.29 bits per heavy atom. The van der Waals surface area contributed by atoms with E-state index in [2.05, 4.69) is 24.5 Å². The van der Waals surface area contributed by atoms with Gasteiger partial charge in [-0.15, -0.1) is 0 Å². The fourth-order valence-corrected chi connectivity index (χ4v) is 2.20. The first-order chi connectivity index (χ1) is 8.06. The summed E-state index contributed by atoms with van der Waals surface area (Å²) in [7, 11) is 0. The summed E-state index contributed by atoms with van der Waals surface area (Å²) >= 11 is 0. The summed E-state index contributed by atoms with van der Waals surface area (Å²) < 4.78 is 5.44. The minimum absolute atomic E-state index is 0.0381. The normalized spacial score (nSPS) is 26.5. The van der Waals surface area contributed by atoms with Crippen molar-refractivity contribution in [3.8, 4) is 0 Å². The van der Waals surface area contributed by atoms with Crippen molar-refractivity contribution in [3.05, 3.63) is 0 Å². The Hall–Kier alpha value is -0.610. The second-order valence-electron chi connectivity index (χ2n) is 5.33. The number of amides is 1. The van der Waals surface area contributed by atoms with Gasteiger partial charge in [0.15, 0.2) is 0 Å². The number of rotatable bonds is 6. The van der Waals surface area contributed by atoms with Crippen LogP contribution in [0, 0.1) is 0 Å². The second-order valence-corrected chi connectivity index (χ2v) is 5.33. The van der Waals surface area contributed by atoms with Gasteiger partial charge in [-0.2, -0.15) is 0 Å². The Balaban J connectivity index is 2.22. The third-order valence-corrected chi connectivity index (χ3v) is 3.24. The molecule has 0 spiro atoms. The molecule has 1 fully saturated rings. The molecule has 4 nitrogen and oxygen atoms in total. The Labute approximate surface area is 104 Å². The fraction of sp³-hybridized carbons (Fsp3) is 0.923. The van der Waals surface area contributed by atoms with Crippen molar-refractivity contribution in [2.45, 2.75) is 58.0 Å². The van der Waals surface area contributed by atoms with Gasteiger partial charge in [-0.05, 0) is 33.1 Å². The first-order valence-corrected chi connectivity index (χ1v) is 6.68. The van der Waals surface area contributed by atoms with Crippen molar-refractivity contribution in [1.29, 1.82) is 0 Å². The van der Waals surface area contributed by atoms with Gasteiger partial charge in [0.1, 0.15) is 0 Å². The highest BCUT2D eigenvalue weighted by atomic mass is 16.5. The van der Waals surface area contributed by atoms with Gasteiger partial charge in [-0.3, -0.25) is 4.79 Å². The van der Waals surface area contributed by atoms with Crippen LogP contribution in [-0.2, 0) is 9.53 Å². The first kappa shape index (κ1) is 14.5. The highest BCUT2D eigenvalue weighted by molar-refractivity contribution is 5.78. The lowest BCUT2D eigenvalue weighted by Crippen LogP contribution is -2.52. The van der Waals surface area contributed by atoms with Crippen LogP contribution in [0.3, 0.4) is 0 Å². The van der Waals surface area contributed by atoms with Crippen molar-refractivity contribution in [2.24, 2.45) is 0 Å². The van der Waals surface area contributed by atoms with Crippen molar-refractivity contribution in [2.75, 3.05) is 19.8 Å². The smallest absolute Gasteiger partial charge is 0.234 e. The minimum atomic E-state index is -0.0381. The van der Waals surface area contributed by atoms with Crippen LogP contribution in [0.15, 0.2) is 0 Å². The van der Waals surface area contributed by atoms with Gasteiger partial charge in [0, 0.05) is 18.2 Å². The highest BCUT2D eigenvalue weighted by Crippen LogP contribution is 2.17. The molecule has 17 heavy (non-hydrogen) atoms. The first-order valence-electron chi connectivity index (χ1n) is 6.68. The number of nitrogens with one attached hydrogen (secondary N) is 2. The Bertz CT molecular complexity index is 238. The maximum Gasteiger partial charge on any atom is 0.234 e. The molecular formula is C13H26N2O2. The van der Waals surface area contributed by atoms with E-state index in [1.807, 2.05) is 6.92 Å². The molecule has 0 aromatic carbocycles. The number of carbonyl (C=O) groups is 1. The van der Waals surface area contributed by atoms with E-state index in [1.54, 1.807) is 0 Å². The number of hydrogen-bond acceptors (Lipinski definition) is 3. The van der Waals surface area contributed by atoms with E-state index in [4.69, 9.17) is 4.74 Å². The number of ether oxygens (including phenoxy) is 1. The van der Waals surface area contributed by atoms with Gasteiger partial charge in [-0.25, -0.2) is 0 Å². The Morgan fingerprint density at radius 3 is 2.88 bits per heavy atom. The molecule has 0 radical (unpaired) electrons. The lowest BCUT2D eigenvalue weighted by Gasteiger charge is -2.34. The van der Waals surface area contributed by atoms with E-state index in [-0.39, 0.29) is 17.5 Å². The van der Waals surface area contributed by atoms with Crippen LogP contribution >= 0.6 is 0 Å². The lowest BCUT2D eigenvalue weighted by atomic mass is 9.95. The summed E-state index contributed by atoms with van der Waals surface area (Å²) in [6.07, 6.45) is 4.27. The Morgan fingerprint density at radius 1 is 1.53 bits per heavy atom. The highest BCUT2D eigenvalue weighted by Gasteiger charge is 2.27. The molecule has 1 heterocycles. The van der Waals surface area contributed by atoms with Crippen molar-refractivity contribution in [3.63, 3.8) is 0 Å². The molecule has 4 heteroatoms. The van der Waals surface area contributed by atoms with Gasteiger partial charge in [0.2, 0.25) is 5.91 Å². The SMILES string of the molecule is CCCC(C)NC(=O)CNC1(C)CCCOC1. The average Bonchev–Trinajstić information content (AvgIpc) is 2.28. The molecule has 0 aromatic heterocycles. The van der Waals surface area contributed by atoms with Gasteiger partial charge in [0.05, 0.1) is 13.2 Å². The van der Waals surface area contributed by atoms with Crippen molar-refractivity contribution >= 4 is 5.91 Å². The van der Waals surface area contributed by atoms with Crippen LogP contribution in [-0.4, -0.2) is 37.2 Å². The molecule has 2 unspecified atom stereocenters. The molecule has 2 atom stereocenters. The third kappa shape index (κ3) is 5.50. The lowest BCUT2D eigenvalue weighted by molar-refractivity contribution is -0.121. The summed E-state index contributed by atoms with van der Waals surface area (Å²) in [4.78, 5) is 11.7. The standard InChI is InChI=1S/C13H26N2O2/c1-4-6-11(2)15-12(16)9-14-13(3)7-5-8-17-10-13/h11,14H,4-10H2,1-3H3,(H,15,16). The van der Waals surface area contributed by atoms with E-state index >= 15 is 0 Å². The third-order valence-electron chi connectivity index (χ3n) is 3.24. The van der Waals surface area contributed by atoms with Crippen LogP contribution in [0.25, 0.3) is 0 Å². The second kappa shape index (κ2) is 6.97. The monoisotopic (exact) mass is 242 g/mol. The van der Waals surface area contributed by atoms with Crippen molar-refractivity contribution < 1.29 is 9.53 Å². The molecule has 2 N–H and O–H groups in total. The summed E-state index contributed by atoms with van der Waals surface area (Å²) in [5.74, 6) is 0.0812. The molecule has 1 rings (SSSR count). The quantitative estimate of drug-likeness (QED) is 0.741. The predicted octanol–water partition coefficient (Wildman–Crippen LogP) is 1.45. The van der Waals surface area contributed by atoms with Crippen LogP contribution < -0.4 is 10.6 Å². The summed E-state index contributed by atoms with van der Waals surface area (Å²) in [5.41, 5.74) is -0.0381. The molecule has 1 aliphatic rings. The largest absolute Gasteiger partial charge is 0.380 e. The van der Waals surface area contributed by atoms with E-state index < -0.39 is 0 Å². The van der Waals surface area contributed by atoms with Crippen molar-refractivity contribution in [1.82, 2.24) is 10.6 Å². The van der Waals surface area contributed by atoms with Crippen LogP contribution in [0.5, 0.6) is 0 Å². The van der Waals surface area contributed by atoms with E-state index in [1.165, 1.54) is 0 Å². The average molecular weight is 242 g/mol. The molecule has 1 aliphatic heterocycles. The maximum atomic E-state index is 11.7. The molecule has 100 valence electrons. The number of hydrogen-bond donors (Lipinski definition) is 2. The molecule has 0 aromatic rings. The van der Waals surface area contributed by atoms with Crippen LogP contribution in [0.2, 0.25) is 0 Å². The summed E-state index contributed by atoms with van der Waals surface area (Å²) in [6.45, 7) is 8.22. The van der Waals surface area contributed by atoms with Crippen LogP contribution in [0.1, 0.15) is 46.5 Å². The maximum absolute atomic E-state index is 11.7. The Kier molecular flexibility index (Phi) is 5.92. The zero-order valence-corrected chi connectivity index (χ0v) is 11.3. The molecule has 0 aliphatic carbocycles. The van der Waals surface area contributed by atoms with Gasteiger partial charge in [-0.1, -0.05) is 13.3 Å². The topological polar surface area (TPSA) is 50.4 Å². The van der Waals surface area contributed by atoms with E-state index in [0.717, 1.165) is 32.3 Å². The minimum Gasteiger partial charge on any atom is -0.380 e. The molecule has 1 saturated heterocycles. The van der Waals surface area contributed by atoms with Crippen LogP contribution in [0.4, 0.5) is 0 Å². The summed E-state index contributed by atoms with van der Waals surface area (Å²) in [5, 5.41) is 6.30. The van der Waals surface area contributed by atoms with E-state index in [0.29, 0.717) is 13.2 Å². The van der Waals surface area contributed by atoms with E-state index in [9.17, 15) is 4.79 Å². The fourth-order valence-electron chi connectivity index (χ4n) is 2.20. The van der Waals surface area contributed by atoms with Gasteiger partial charge in [0.25, 0.3) is 0 Å². The predicted molar refractivity (Wildman–Crippen MR) is 69.0 cm³/mol. The van der Waals surface area contributed by atoms with Gasteiger partial charge >= 0.3 is 0 Å². The molecule has 0 saturated carbocycles. The molecule has 0 bridgehead atoms. The molecular weight excluding hydrogens is 216 g/mol.